The summed E-state index contributed by atoms with van der Waals surface area (Å²) in [5, 5.41) is 3.50. The molecule has 34 heavy (non-hydrogen) atoms. The molecule has 172 valence electrons. The van der Waals surface area contributed by atoms with E-state index in [1.165, 1.54) is 11.1 Å². The van der Waals surface area contributed by atoms with E-state index in [1.54, 1.807) is 7.11 Å². The average Bonchev–Trinajstić information content (AvgIpc) is 3.56. The number of morpholine rings is 1. The van der Waals surface area contributed by atoms with E-state index in [0.29, 0.717) is 5.82 Å². The number of aryl methyl sites for hydroxylation is 1. The van der Waals surface area contributed by atoms with E-state index in [9.17, 15) is 0 Å². The van der Waals surface area contributed by atoms with Gasteiger partial charge in [-0.3, -0.25) is 4.40 Å². The Hall–Kier alpha value is -3.84. The summed E-state index contributed by atoms with van der Waals surface area (Å²) in [7, 11) is 1.71. The molecule has 0 unspecified atom stereocenters. The summed E-state index contributed by atoms with van der Waals surface area (Å²) >= 11 is 0. The maximum atomic E-state index is 5.73. The van der Waals surface area contributed by atoms with E-state index >= 15 is 0 Å². The third-order valence-electron chi connectivity index (χ3n) is 6.63. The van der Waals surface area contributed by atoms with Crippen molar-refractivity contribution in [3.05, 3.63) is 71.7 Å². The molecule has 2 aliphatic rings. The van der Waals surface area contributed by atoms with E-state index in [2.05, 4.69) is 69.0 Å². The van der Waals surface area contributed by atoms with Gasteiger partial charge in [0.2, 0.25) is 0 Å². The second-order valence-electron chi connectivity index (χ2n) is 8.65. The molecule has 0 amide bonds. The molecule has 1 N–H and O–H groups in total. The minimum atomic E-state index is 0.713. The van der Waals surface area contributed by atoms with Crippen molar-refractivity contribution >= 4 is 28.9 Å². The number of anilines is 3. The topological polar surface area (TPSA) is 63.9 Å². The number of fused-ring (bicyclic) bond motifs is 2. The van der Waals surface area contributed by atoms with Crippen molar-refractivity contribution in [2.45, 2.75) is 13.3 Å². The molecule has 1 aliphatic carbocycles. The Morgan fingerprint density at radius 1 is 1.09 bits per heavy atom. The fraction of sp³-hybridized carbons (Fsp3) is 0.259. The second-order valence-corrected chi connectivity index (χ2v) is 8.65. The molecule has 2 aromatic heterocycles. The first-order chi connectivity index (χ1) is 16.7. The second kappa shape index (κ2) is 8.50. The Bertz CT molecular complexity index is 1400. The molecule has 3 heterocycles. The number of hydrogen-bond donors (Lipinski definition) is 1. The molecule has 0 atom stereocenters. The van der Waals surface area contributed by atoms with Crippen molar-refractivity contribution < 1.29 is 9.47 Å². The highest BCUT2D eigenvalue weighted by Crippen LogP contribution is 2.35. The zero-order valence-corrected chi connectivity index (χ0v) is 19.4. The van der Waals surface area contributed by atoms with E-state index in [4.69, 9.17) is 14.5 Å². The largest absolute Gasteiger partial charge is 0.495 e. The van der Waals surface area contributed by atoms with Crippen LogP contribution in [0.3, 0.4) is 0 Å². The number of methoxy groups -OCH3 is 1. The summed E-state index contributed by atoms with van der Waals surface area (Å²) in [5.41, 5.74) is 8.51. The molecule has 7 heteroatoms. The monoisotopic (exact) mass is 453 g/mol. The summed E-state index contributed by atoms with van der Waals surface area (Å²) in [4.78, 5) is 11.9. The fourth-order valence-corrected chi connectivity index (χ4v) is 4.83. The molecule has 2 aromatic carbocycles. The van der Waals surface area contributed by atoms with Gasteiger partial charge in [-0.1, -0.05) is 24.3 Å². The highest BCUT2D eigenvalue weighted by atomic mass is 16.5. The molecular formula is C27H27N5O2. The van der Waals surface area contributed by atoms with Crippen molar-refractivity contribution in [2.75, 3.05) is 43.6 Å². The predicted molar refractivity (Wildman–Crippen MR) is 135 cm³/mol. The van der Waals surface area contributed by atoms with Crippen molar-refractivity contribution in [1.82, 2.24) is 14.4 Å². The number of nitrogens with zero attached hydrogens (tertiary/aromatic N) is 4. The molecular weight excluding hydrogens is 426 g/mol. The first-order valence-electron chi connectivity index (χ1n) is 11.6. The van der Waals surface area contributed by atoms with E-state index < -0.39 is 0 Å². The lowest BCUT2D eigenvalue weighted by Crippen LogP contribution is -2.36. The normalized spacial score (nSPS) is 15.1. The van der Waals surface area contributed by atoms with Crippen molar-refractivity contribution in [1.29, 1.82) is 0 Å². The van der Waals surface area contributed by atoms with Crippen molar-refractivity contribution in [2.24, 2.45) is 0 Å². The number of benzene rings is 2. The van der Waals surface area contributed by atoms with Gasteiger partial charge in [0, 0.05) is 48.5 Å². The Kier molecular flexibility index (Phi) is 5.19. The maximum Gasteiger partial charge on any atom is 0.180 e. The van der Waals surface area contributed by atoms with Crippen LogP contribution in [0.4, 0.5) is 17.2 Å². The smallest absolute Gasteiger partial charge is 0.180 e. The number of nitrogens with one attached hydrogen (secondary N) is 1. The average molecular weight is 454 g/mol. The summed E-state index contributed by atoms with van der Waals surface area (Å²) in [6.45, 7) is 5.27. The van der Waals surface area contributed by atoms with Crippen LogP contribution in [-0.2, 0) is 11.2 Å². The van der Waals surface area contributed by atoms with Crippen LogP contribution in [0.5, 0.6) is 5.75 Å². The van der Waals surface area contributed by atoms with Crippen LogP contribution in [0.15, 0.2) is 54.9 Å². The molecule has 0 radical (unpaired) electrons. The van der Waals surface area contributed by atoms with E-state index in [0.717, 1.165) is 72.4 Å². The van der Waals surface area contributed by atoms with Gasteiger partial charge >= 0.3 is 0 Å². The number of imidazole rings is 1. The predicted octanol–water partition coefficient (Wildman–Crippen LogP) is 4.86. The molecule has 0 saturated carbocycles. The van der Waals surface area contributed by atoms with Gasteiger partial charge in [-0.05, 0) is 42.7 Å². The van der Waals surface area contributed by atoms with E-state index in [-0.39, 0.29) is 0 Å². The lowest BCUT2D eigenvalue weighted by Gasteiger charge is -2.30. The molecule has 1 aliphatic heterocycles. The van der Waals surface area contributed by atoms with Crippen LogP contribution in [-0.4, -0.2) is 47.8 Å². The molecule has 0 spiro atoms. The molecule has 1 fully saturated rings. The van der Waals surface area contributed by atoms with Crippen LogP contribution >= 0.6 is 0 Å². The number of hydrogen-bond acceptors (Lipinski definition) is 6. The van der Waals surface area contributed by atoms with Crippen molar-refractivity contribution in [3.8, 4) is 17.0 Å². The lowest BCUT2D eigenvalue weighted by atomic mass is 10.0. The van der Waals surface area contributed by atoms with Gasteiger partial charge in [-0.15, -0.1) is 0 Å². The van der Waals surface area contributed by atoms with Gasteiger partial charge in [0.1, 0.15) is 5.75 Å². The molecule has 7 nitrogen and oxygen atoms in total. The fourth-order valence-electron chi connectivity index (χ4n) is 4.83. The summed E-state index contributed by atoms with van der Waals surface area (Å²) in [6, 6.07) is 12.8. The minimum absolute atomic E-state index is 0.713. The van der Waals surface area contributed by atoms with Crippen LogP contribution in [0.1, 0.15) is 16.8 Å². The Labute approximate surface area is 198 Å². The van der Waals surface area contributed by atoms with Crippen LogP contribution < -0.4 is 15.0 Å². The standard InChI is InChI=1S/C27H27N5O2/c1-18-25(21-7-6-19-4-3-5-20(19)16-21)30-26(27-28-10-11-32(18)27)29-22-8-9-23(24(17-22)33-2)31-12-14-34-15-13-31/h3-4,6-11,16-17H,5,12-15H2,1-2H3,(H,29,30). The van der Waals surface area contributed by atoms with Gasteiger partial charge in [0.05, 0.1) is 31.7 Å². The van der Waals surface area contributed by atoms with Crippen LogP contribution in [0.2, 0.25) is 0 Å². The third-order valence-corrected chi connectivity index (χ3v) is 6.63. The van der Waals surface area contributed by atoms with Gasteiger partial charge in [-0.25, -0.2) is 9.97 Å². The number of ether oxygens (including phenoxy) is 2. The Morgan fingerprint density at radius 2 is 1.97 bits per heavy atom. The quantitative estimate of drug-likeness (QED) is 0.466. The Balaban J connectivity index is 1.38. The highest BCUT2D eigenvalue weighted by Gasteiger charge is 2.18. The van der Waals surface area contributed by atoms with Gasteiger partial charge in [-0.2, -0.15) is 0 Å². The number of allylic oxidation sites excluding steroid dienone is 1. The van der Waals surface area contributed by atoms with Gasteiger partial charge < -0.3 is 19.7 Å². The molecule has 1 saturated heterocycles. The lowest BCUT2D eigenvalue weighted by molar-refractivity contribution is 0.122. The molecule has 6 rings (SSSR count). The third kappa shape index (κ3) is 3.58. The zero-order chi connectivity index (χ0) is 23.1. The number of rotatable bonds is 5. The maximum absolute atomic E-state index is 5.73. The molecule has 0 bridgehead atoms. The first-order valence-corrected chi connectivity index (χ1v) is 11.6. The first kappa shape index (κ1) is 20.7. The highest BCUT2D eigenvalue weighted by molar-refractivity contribution is 5.78. The van der Waals surface area contributed by atoms with Crippen molar-refractivity contribution in [3.63, 3.8) is 0 Å². The summed E-state index contributed by atoms with van der Waals surface area (Å²) < 4.78 is 13.3. The molecule has 4 aromatic rings. The SMILES string of the molecule is COc1cc(Nc2nc(-c3ccc4c(c3)CC=C4)c(C)n3ccnc23)ccc1N1CCOCC1. The van der Waals surface area contributed by atoms with E-state index in [1.807, 2.05) is 18.5 Å². The van der Waals surface area contributed by atoms with Gasteiger partial charge in [0.25, 0.3) is 0 Å². The van der Waals surface area contributed by atoms with Gasteiger partial charge in [0.15, 0.2) is 11.5 Å². The van der Waals surface area contributed by atoms with Crippen LogP contribution in [0.25, 0.3) is 23.0 Å². The van der Waals surface area contributed by atoms with Crippen LogP contribution in [0, 0.1) is 6.92 Å². The zero-order valence-electron chi connectivity index (χ0n) is 19.4. The summed E-state index contributed by atoms with van der Waals surface area (Å²) in [5.74, 6) is 1.54. The Morgan fingerprint density at radius 3 is 2.82 bits per heavy atom. The number of aromatic nitrogens is 3. The minimum Gasteiger partial charge on any atom is -0.495 e. The summed E-state index contributed by atoms with van der Waals surface area (Å²) in [6.07, 6.45) is 9.15.